The smallest absolute Gasteiger partial charge is 0.230 e. The van der Waals surface area contributed by atoms with Gasteiger partial charge in [0.1, 0.15) is 12.4 Å². The molecule has 1 aromatic carbocycles. The number of nitrogen functional groups attached to an aromatic ring is 1. The Morgan fingerprint density at radius 2 is 1.80 bits per heavy atom. The van der Waals surface area contributed by atoms with Crippen molar-refractivity contribution in [1.29, 1.82) is 0 Å². The number of amides is 1. The first-order valence-electron chi connectivity index (χ1n) is 6.39. The van der Waals surface area contributed by atoms with Crippen LogP contribution >= 0.6 is 0 Å². The monoisotopic (exact) mass is 284 g/mol. The zero-order valence-electron chi connectivity index (χ0n) is 11.7. The molecule has 0 radical (unpaired) electrons. The maximum absolute atomic E-state index is 9.85. The lowest BCUT2D eigenvalue weighted by molar-refractivity contribution is -0.116. The number of rotatable bonds is 6. The minimum absolute atomic E-state index is 0.181. The van der Waals surface area contributed by atoms with Gasteiger partial charge >= 0.3 is 0 Å². The molecule has 1 rings (SSSR count). The van der Waals surface area contributed by atoms with Crippen LogP contribution in [0.25, 0.3) is 0 Å². The van der Waals surface area contributed by atoms with Crippen molar-refractivity contribution in [3.05, 3.63) is 30.3 Å². The molecular formula is C14H24N2O4. The molecule has 114 valence electrons. The van der Waals surface area contributed by atoms with E-state index < -0.39 is 6.10 Å². The van der Waals surface area contributed by atoms with Crippen LogP contribution < -0.4 is 11.2 Å². The summed E-state index contributed by atoms with van der Waals surface area (Å²) in [5.74, 6) is 0. The number of anilines is 1. The minimum atomic E-state index is -0.725. The van der Waals surface area contributed by atoms with Crippen LogP contribution in [0.3, 0.4) is 0 Å². The predicted molar refractivity (Wildman–Crippen MR) is 78.1 cm³/mol. The topological polar surface area (TPSA) is 113 Å². The molecule has 1 amide bonds. The molecule has 0 fully saturated rings. The number of benzene rings is 1. The van der Waals surface area contributed by atoms with Crippen molar-refractivity contribution in [3.8, 4) is 0 Å². The van der Waals surface area contributed by atoms with Crippen LogP contribution in [0.1, 0.15) is 32.6 Å². The van der Waals surface area contributed by atoms with Crippen LogP contribution in [-0.2, 0) is 9.59 Å². The molecule has 20 heavy (non-hydrogen) atoms. The van der Waals surface area contributed by atoms with Gasteiger partial charge in [-0.15, -0.1) is 0 Å². The summed E-state index contributed by atoms with van der Waals surface area (Å²) in [5, 5.41) is 16.0. The molecule has 0 saturated heterocycles. The lowest BCUT2D eigenvalue weighted by Gasteiger charge is -1.99. The fourth-order valence-corrected chi connectivity index (χ4v) is 1.12. The second-order valence-corrected chi connectivity index (χ2v) is 3.86. The average Bonchev–Trinajstić information content (AvgIpc) is 2.49. The largest absolute Gasteiger partial charge is 0.399 e. The molecule has 6 nitrogen and oxygen atoms in total. The van der Waals surface area contributed by atoms with Gasteiger partial charge in [-0.1, -0.05) is 44.4 Å². The van der Waals surface area contributed by atoms with E-state index in [1.165, 1.54) is 5.48 Å². The van der Waals surface area contributed by atoms with Crippen LogP contribution in [-0.4, -0.2) is 29.1 Å². The highest BCUT2D eigenvalue weighted by atomic mass is 16.5. The molecule has 0 aliphatic rings. The Balaban J connectivity index is 0. The highest BCUT2D eigenvalue weighted by Gasteiger charge is 1.98. The third-order valence-corrected chi connectivity index (χ3v) is 2.11. The fourth-order valence-electron chi connectivity index (χ4n) is 1.12. The first-order chi connectivity index (χ1) is 9.62. The normalized spacial score (nSPS) is 9.95. The molecule has 5 N–H and O–H groups in total. The van der Waals surface area contributed by atoms with E-state index in [0.717, 1.165) is 24.9 Å². The second-order valence-electron chi connectivity index (χ2n) is 3.86. The standard InChI is InChI=1S/C7H14O2.C6H7N.CH3NO2/c1-2-3-4-5-7(9)6-8;7-6-4-2-1-3-5-6;3-1-2-4/h6-7,9H,2-5H2,1H3;1-5H,7H2;1,4H,(H,2,3). The van der Waals surface area contributed by atoms with E-state index in [0.29, 0.717) is 12.7 Å². The van der Waals surface area contributed by atoms with E-state index in [2.05, 4.69) is 6.92 Å². The van der Waals surface area contributed by atoms with Crippen LogP contribution in [0.4, 0.5) is 5.69 Å². The zero-order valence-corrected chi connectivity index (χ0v) is 11.7. The summed E-state index contributed by atoms with van der Waals surface area (Å²) in [7, 11) is 0. The van der Waals surface area contributed by atoms with Gasteiger partial charge in [0.05, 0.1) is 0 Å². The maximum atomic E-state index is 9.85. The number of carbonyl (C=O) groups is 2. The lowest BCUT2D eigenvalue weighted by Crippen LogP contribution is -2.06. The van der Waals surface area contributed by atoms with Crippen molar-refractivity contribution in [3.63, 3.8) is 0 Å². The summed E-state index contributed by atoms with van der Waals surface area (Å²) in [6, 6.07) is 9.49. The van der Waals surface area contributed by atoms with Crippen molar-refractivity contribution in [2.45, 2.75) is 38.7 Å². The summed E-state index contributed by atoms with van der Waals surface area (Å²) >= 11 is 0. The van der Waals surface area contributed by atoms with Crippen LogP contribution in [0.2, 0.25) is 0 Å². The van der Waals surface area contributed by atoms with Gasteiger partial charge in [-0.05, 0) is 18.6 Å². The SMILES string of the molecule is CCCCCC(O)C=O.Nc1ccccc1.O=CNO. The molecule has 0 spiro atoms. The number of nitrogens with two attached hydrogens (primary N) is 1. The van der Waals surface area contributed by atoms with Crippen molar-refractivity contribution in [2.24, 2.45) is 0 Å². The van der Waals surface area contributed by atoms with E-state index >= 15 is 0 Å². The quantitative estimate of drug-likeness (QED) is 0.208. The van der Waals surface area contributed by atoms with Crippen LogP contribution in [0.5, 0.6) is 0 Å². The number of unbranched alkanes of at least 4 members (excludes halogenated alkanes) is 2. The Bertz CT molecular complexity index is 320. The molecule has 0 saturated carbocycles. The molecule has 1 unspecified atom stereocenters. The molecule has 0 aliphatic heterocycles. The number of aliphatic hydroxyl groups is 1. The molecule has 0 bridgehead atoms. The molecule has 0 aromatic heterocycles. The summed E-state index contributed by atoms with van der Waals surface area (Å²) in [6.07, 6.45) is 3.86. The number of aliphatic hydroxyl groups excluding tert-OH is 1. The first kappa shape index (κ1) is 20.4. The Morgan fingerprint density at radius 1 is 1.25 bits per heavy atom. The molecule has 1 atom stereocenters. The summed E-state index contributed by atoms with van der Waals surface area (Å²) in [6.45, 7) is 2.09. The number of hydroxylamine groups is 1. The van der Waals surface area contributed by atoms with Gasteiger partial charge in [0.2, 0.25) is 6.41 Å². The number of aldehydes is 1. The Morgan fingerprint density at radius 3 is 2.10 bits per heavy atom. The molecular weight excluding hydrogens is 260 g/mol. The number of hydrogen-bond donors (Lipinski definition) is 4. The van der Waals surface area contributed by atoms with E-state index in [4.69, 9.17) is 20.8 Å². The highest BCUT2D eigenvalue weighted by Crippen LogP contribution is 2.00. The number of para-hydroxylation sites is 1. The van der Waals surface area contributed by atoms with Gasteiger partial charge in [0.25, 0.3) is 0 Å². The van der Waals surface area contributed by atoms with Gasteiger partial charge in [-0.3, -0.25) is 10.0 Å². The van der Waals surface area contributed by atoms with Crippen molar-refractivity contribution >= 4 is 18.4 Å². The van der Waals surface area contributed by atoms with E-state index in [9.17, 15) is 4.79 Å². The van der Waals surface area contributed by atoms with Crippen molar-refractivity contribution in [1.82, 2.24) is 5.48 Å². The van der Waals surface area contributed by atoms with Crippen LogP contribution in [0, 0.1) is 0 Å². The van der Waals surface area contributed by atoms with Crippen LogP contribution in [0.15, 0.2) is 30.3 Å². The van der Waals surface area contributed by atoms with Gasteiger partial charge in [0, 0.05) is 5.69 Å². The Labute approximate surface area is 119 Å². The van der Waals surface area contributed by atoms with E-state index in [1.807, 2.05) is 30.3 Å². The Kier molecular flexibility index (Phi) is 17.4. The van der Waals surface area contributed by atoms with E-state index in [-0.39, 0.29) is 6.41 Å². The Hall–Kier alpha value is -1.92. The number of nitrogens with one attached hydrogen (secondary N) is 1. The second kappa shape index (κ2) is 17.1. The van der Waals surface area contributed by atoms with Crippen molar-refractivity contribution in [2.75, 3.05) is 5.73 Å². The third kappa shape index (κ3) is 18.4. The first-order valence-corrected chi connectivity index (χ1v) is 6.39. The molecule has 0 heterocycles. The summed E-state index contributed by atoms with van der Waals surface area (Å²) in [4.78, 5) is 18.7. The minimum Gasteiger partial charge on any atom is -0.399 e. The van der Waals surface area contributed by atoms with Gasteiger partial charge in [0.15, 0.2) is 0 Å². The van der Waals surface area contributed by atoms with Gasteiger partial charge in [-0.2, -0.15) is 0 Å². The zero-order chi connectivity index (χ0) is 15.6. The number of hydrogen-bond acceptors (Lipinski definition) is 5. The molecule has 0 aliphatic carbocycles. The predicted octanol–water partition coefficient (Wildman–Crippen LogP) is 1.52. The molecule has 1 aromatic rings. The maximum Gasteiger partial charge on any atom is 0.230 e. The van der Waals surface area contributed by atoms with E-state index in [1.54, 1.807) is 0 Å². The lowest BCUT2D eigenvalue weighted by atomic mass is 10.1. The third-order valence-electron chi connectivity index (χ3n) is 2.11. The molecule has 6 heteroatoms. The van der Waals surface area contributed by atoms with Gasteiger partial charge < -0.3 is 15.6 Å². The fraction of sp³-hybridized carbons (Fsp3) is 0.429. The summed E-state index contributed by atoms with van der Waals surface area (Å²) < 4.78 is 0. The van der Waals surface area contributed by atoms with Gasteiger partial charge in [-0.25, -0.2) is 5.48 Å². The van der Waals surface area contributed by atoms with Crippen molar-refractivity contribution < 1.29 is 19.9 Å². The summed E-state index contributed by atoms with van der Waals surface area (Å²) in [5.41, 5.74) is 7.43. The number of carbonyl (C=O) groups excluding carboxylic acids is 2. The average molecular weight is 284 g/mol. The highest BCUT2D eigenvalue weighted by molar-refractivity contribution is 5.55.